The van der Waals surface area contributed by atoms with Crippen LogP contribution in [-0.2, 0) is 26.2 Å². The number of carbonyl (C=O) groups excluding carboxylic acids is 1. The molecule has 12 heteroatoms. The van der Waals surface area contributed by atoms with Gasteiger partial charge in [0.15, 0.2) is 5.69 Å². The molecule has 4 aromatic rings. The van der Waals surface area contributed by atoms with E-state index in [0.29, 0.717) is 17.9 Å². The molecule has 40 heavy (non-hydrogen) atoms. The quantitative estimate of drug-likeness (QED) is 0.358. The lowest BCUT2D eigenvalue weighted by Crippen LogP contribution is -2.38. The lowest BCUT2D eigenvalue weighted by atomic mass is 9.89. The normalized spacial score (nSPS) is 17.2. The molecule has 4 heterocycles. The molecule has 0 saturated carbocycles. The maximum Gasteiger partial charge on any atom is 0.435 e. The number of methoxy groups -OCH3 is 1. The zero-order valence-electron chi connectivity index (χ0n) is 22.0. The van der Waals surface area contributed by atoms with Crippen LogP contribution in [0.5, 0.6) is 11.5 Å². The molecular formula is C28H27F3N6O3. The molecule has 0 bridgehead atoms. The number of alkyl halides is 3. The molecule has 1 atom stereocenters. The van der Waals surface area contributed by atoms with Gasteiger partial charge in [-0.05, 0) is 48.6 Å². The second-order valence-electron chi connectivity index (χ2n) is 9.98. The topological polar surface area (TPSA) is 87.3 Å². The second kappa shape index (κ2) is 10.00. The van der Waals surface area contributed by atoms with E-state index >= 15 is 0 Å². The number of benzene rings is 1. The molecule has 0 radical (unpaired) electrons. The van der Waals surface area contributed by atoms with Gasteiger partial charge in [0.1, 0.15) is 18.1 Å². The minimum Gasteiger partial charge on any atom is -0.495 e. The zero-order valence-corrected chi connectivity index (χ0v) is 22.0. The third-order valence-corrected chi connectivity index (χ3v) is 7.37. The molecule has 1 aromatic carbocycles. The molecule has 1 aliphatic heterocycles. The van der Waals surface area contributed by atoms with Crippen molar-refractivity contribution in [3.05, 3.63) is 77.4 Å². The van der Waals surface area contributed by atoms with Crippen LogP contribution in [0.3, 0.4) is 0 Å². The first-order chi connectivity index (χ1) is 19.2. The Hall–Kier alpha value is -4.35. The van der Waals surface area contributed by atoms with Crippen molar-refractivity contribution in [3.8, 4) is 22.6 Å². The Labute approximate surface area is 228 Å². The third-order valence-electron chi connectivity index (χ3n) is 7.37. The van der Waals surface area contributed by atoms with E-state index in [4.69, 9.17) is 9.47 Å². The fourth-order valence-electron chi connectivity index (χ4n) is 5.62. The molecule has 0 saturated heterocycles. The highest BCUT2D eigenvalue weighted by Crippen LogP contribution is 2.44. The summed E-state index contributed by atoms with van der Waals surface area (Å²) < 4.78 is 56.5. The summed E-state index contributed by atoms with van der Waals surface area (Å²) >= 11 is 0. The zero-order chi connectivity index (χ0) is 28.0. The van der Waals surface area contributed by atoms with Crippen LogP contribution in [0, 0.1) is 0 Å². The number of aromatic nitrogens is 5. The van der Waals surface area contributed by atoms with E-state index in [0.717, 1.165) is 35.2 Å². The molecular weight excluding hydrogens is 525 g/mol. The van der Waals surface area contributed by atoms with Gasteiger partial charge in [-0.1, -0.05) is 0 Å². The fraction of sp³-hybridized carbons (Fsp3) is 0.357. The van der Waals surface area contributed by atoms with Crippen molar-refractivity contribution in [1.29, 1.82) is 0 Å². The predicted octanol–water partition coefficient (Wildman–Crippen LogP) is 4.67. The number of amides is 1. The van der Waals surface area contributed by atoms with E-state index in [1.807, 2.05) is 6.07 Å². The highest BCUT2D eigenvalue weighted by atomic mass is 19.4. The first-order valence-electron chi connectivity index (χ1n) is 12.9. The Morgan fingerprint density at radius 3 is 2.75 bits per heavy atom. The first-order valence-corrected chi connectivity index (χ1v) is 12.9. The number of pyridine rings is 1. The number of rotatable bonds is 5. The number of aryl methyl sites for hydroxylation is 2. The van der Waals surface area contributed by atoms with Crippen LogP contribution in [0.15, 0.2) is 49.3 Å². The van der Waals surface area contributed by atoms with Gasteiger partial charge in [-0.3, -0.25) is 14.5 Å². The number of hydrogen-bond acceptors (Lipinski definition) is 6. The van der Waals surface area contributed by atoms with Crippen LogP contribution in [-0.4, -0.2) is 55.4 Å². The van der Waals surface area contributed by atoms with Crippen LogP contribution < -0.4 is 9.47 Å². The minimum absolute atomic E-state index is 0.122. The van der Waals surface area contributed by atoms with E-state index in [-0.39, 0.29) is 47.5 Å². The average Bonchev–Trinajstić information content (AvgIpc) is 3.56. The van der Waals surface area contributed by atoms with E-state index < -0.39 is 11.9 Å². The maximum atomic E-state index is 14.3. The number of nitrogens with zero attached hydrogens (tertiary/aromatic N) is 6. The Kier molecular flexibility index (Phi) is 6.47. The fourth-order valence-corrected chi connectivity index (χ4v) is 5.62. The largest absolute Gasteiger partial charge is 0.495 e. The first kappa shape index (κ1) is 25.9. The molecule has 1 aliphatic carbocycles. The van der Waals surface area contributed by atoms with Crippen molar-refractivity contribution < 1.29 is 27.4 Å². The molecule has 0 spiro atoms. The molecule has 0 fully saturated rings. The van der Waals surface area contributed by atoms with Crippen molar-refractivity contribution in [3.63, 3.8) is 0 Å². The number of ether oxygens (including phenoxy) is 2. The highest BCUT2D eigenvalue weighted by molar-refractivity contribution is 6.00. The van der Waals surface area contributed by atoms with Gasteiger partial charge < -0.3 is 18.9 Å². The minimum atomic E-state index is -4.69. The Morgan fingerprint density at radius 1 is 1.18 bits per heavy atom. The lowest BCUT2D eigenvalue weighted by Gasteiger charge is -2.34. The summed E-state index contributed by atoms with van der Waals surface area (Å²) in [6.45, 7) is 0.699. The molecule has 2 aliphatic rings. The van der Waals surface area contributed by atoms with E-state index in [1.165, 1.54) is 13.2 Å². The third kappa shape index (κ3) is 4.67. The summed E-state index contributed by atoms with van der Waals surface area (Å²) in [5.41, 5.74) is 1.68. The monoisotopic (exact) mass is 552 g/mol. The smallest absolute Gasteiger partial charge is 0.435 e. The molecule has 6 rings (SSSR count). The molecule has 3 aromatic heterocycles. The van der Waals surface area contributed by atoms with Gasteiger partial charge in [0, 0.05) is 49.0 Å². The van der Waals surface area contributed by atoms with Gasteiger partial charge in [0.05, 0.1) is 37.8 Å². The lowest BCUT2D eigenvalue weighted by molar-refractivity contribution is -0.140. The van der Waals surface area contributed by atoms with Gasteiger partial charge in [-0.2, -0.15) is 18.3 Å². The summed E-state index contributed by atoms with van der Waals surface area (Å²) in [7, 11) is 3.00. The molecule has 0 N–H and O–H groups in total. The van der Waals surface area contributed by atoms with Crippen molar-refractivity contribution in [2.24, 2.45) is 7.05 Å². The molecule has 208 valence electrons. The van der Waals surface area contributed by atoms with Gasteiger partial charge in [0.2, 0.25) is 0 Å². The van der Waals surface area contributed by atoms with Crippen molar-refractivity contribution in [2.45, 2.75) is 38.0 Å². The SMILES string of the molecule is COc1cnc2c(c1)[C@@H](N1CCOc3c(cc(Cn4ccnc4)cc3-c3cn(C)nc3C(F)(F)F)C1=O)CCC2. The van der Waals surface area contributed by atoms with Crippen LogP contribution in [0.4, 0.5) is 13.2 Å². The van der Waals surface area contributed by atoms with Crippen LogP contribution in [0.25, 0.3) is 11.1 Å². The summed E-state index contributed by atoms with van der Waals surface area (Å²) in [6, 6.07) is 4.99. The van der Waals surface area contributed by atoms with Crippen molar-refractivity contribution in [1.82, 2.24) is 29.2 Å². The Morgan fingerprint density at radius 2 is 2.00 bits per heavy atom. The van der Waals surface area contributed by atoms with Crippen molar-refractivity contribution in [2.75, 3.05) is 20.3 Å². The van der Waals surface area contributed by atoms with E-state index in [9.17, 15) is 18.0 Å². The van der Waals surface area contributed by atoms with Gasteiger partial charge in [-0.15, -0.1) is 0 Å². The molecule has 0 unspecified atom stereocenters. The van der Waals surface area contributed by atoms with Crippen LogP contribution in [0.2, 0.25) is 0 Å². The molecule has 9 nitrogen and oxygen atoms in total. The van der Waals surface area contributed by atoms with Gasteiger partial charge in [-0.25, -0.2) is 4.98 Å². The second-order valence-corrected chi connectivity index (χ2v) is 9.98. The summed E-state index contributed by atoms with van der Waals surface area (Å²) in [5, 5.41) is 3.69. The Balaban J connectivity index is 1.49. The summed E-state index contributed by atoms with van der Waals surface area (Å²) in [5.74, 6) is 0.422. The van der Waals surface area contributed by atoms with Gasteiger partial charge >= 0.3 is 6.18 Å². The Bertz CT molecular complexity index is 1560. The predicted molar refractivity (Wildman–Crippen MR) is 138 cm³/mol. The highest BCUT2D eigenvalue weighted by Gasteiger charge is 2.40. The van der Waals surface area contributed by atoms with Crippen molar-refractivity contribution >= 4 is 5.91 Å². The van der Waals surface area contributed by atoms with Crippen LogP contribution >= 0.6 is 0 Å². The van der Waals surface area contributed by atoms with Gasteiger partial charge in [0.25, 0.3) is 5.91 Å². The number of hydrogen-bond donors (Lipinski definition) is 0. The number of imidazole rings is 1. The summed E-state index contributed by atoms with van der Waals surface area (Å²) in [6.07, 6.45) is 5.65. The number of carbonyl (C=O) groups is 1. The summed E-state index contributed by atoms with van der Waals surface area (Å²) in [4.78, 5) is 24.6. The standard InChI is InChI=1S/C28H27F3N6O3/c1-35-15-22(26(34-35)28(29,30)31)19-10-17(14-36-7-6-32-16-36)11-21-25(19)40-9-8-37(27(21)38)24-5-3-4-23-20(24)12-18(39-2)13-33-23/h6-7,10-13,15-16,24H,3-5,8-9,14H2,1-2H3/t24-/m0/s1. The average molecular weight is 553 g/mol. The van der Waals surface area contributed by atoms with E-state index in [1.54, 1.807) is 53.6 Å². The van der Waals surface area contributed by atoms with E-state index in [2.05, 4.69) is 15.1 Å². The maximum absolute atomic E-state index is 14.3. The van der Waals surface area contributed by atoms with Crippen LogP contribution in [0.1, 0.15) is 51.8 Å². The number of fused-ring (bicyclic) bond motifs is 2. The molecule has 1 amide bonds. The number of halogens is 3.